The van der Waals surface area contributed by atoms with Crippen molar-refractivity contribution in [1.82, 2.24) is 5.32 Å². The van der Waals surface area contributed by atoms with Gasteiger partial charge in [0.05, 0.1) is 24.3 Å². The molecule has 0 bridgehead atoms. The molecule has 1 aliphatic heterocycles. The first-order valence-electron chi connectivity index (χ1n) is 7.70. The Morgan fingerprint density at radius 3 is 2.67 bits per heavy atom. The molecule has 0 radical (unpaired) electrons. The summed E-state index contributed by atoms with van der Waals surface area (Å²) in [6.45, 7) is 2.97. The number of benzene rings is 2. The van der Waals surface area contributed by atoms with E-state index in [0.717, 1.165) is 12.0 Å². The van der Waals surface area contributed by atoms with Gasteiger partial charge < -0.3 is 14.8 Å². The number of ether oxygens (including phenoxy) is 2. The Morgan fingerprint density at radius 1 is 1.17 bits per heavy atom. The molecule has 0 spiro atoms. The van der Waals surface area contributed by atoms with Crippen LogP contribution in [0.1, 0.15) is 35.3 Å². The Labute approximate surface area is 144 Å². The first kappa shape index (κ1) is 16.6. The number of nitrogens with one attached hydrogen (secondary N) is 1. The SMILES string of the molecule is C[C@H](NC(=O)c1ccc2c(c1)OCCCO2)c1ccc(F)c(Cl)c1. The minimum atomic E-state index is -0.484. The molecule has 1 N–H and O–H groups in total. The van der Waals surface area contributed by atoms with Crippen molar-refractivity contribution < 1.29 is 18.7 Å². The van der Waals surface area contributed by atoms with Crippen molar-refractivity contribution in [3.8, 4) is 11.5 Å². The van der Waals surface area contributed by atoms with E-state index in [1.807, 2.05) is 6.92 Å². The van der Waals surface area contributed by atoms with Crippen LogP contribution >= 0.6 is 11.6 Å². The fourth-order valence-electron chi connectivity index (χ4n) is 2.45. The van der Waals surface area contributed by atoms with E-state index in [1.54, 1.807) is 24.3 Å². The molecule has 0 saturated carbocycles. The lowest BCUT2D eigenvalue weighted by molar-refractivity contribution is 0.0939. The highest BCUT2D eigenvalue weighted by atomic mass is 35.5. The summed E-state index contributed by atoms with van der Waals surface area (Å²) in [5.41, 5.74) is 1.20. The van der Waals surface area contributed by atoms with Crippen molar-refractivity contribution in [2.45, 2.75) is 19.4 Å². The maximum absolute atomic E-state index is 13.2. The predicted molar refractivity (Wildman–Crippen MR) is 89.3 cm³/mol. The van der Waals surface area contributed by atoms with Crippen LogP contribution in [-0.2, 0) is 0 Å². The van der Waals surface area contributed by atoms with Gasteiger partial charge in [-0.05, 0) is 42.8 Å². The smallest absolute Gasteiger partial charge is 0.251 e. The normalized spacial score (nSPS) is 14.6. The van der Waals surface area contributed by atoms with Crippen molar-refractivity contribution in [2.75, 3.05) is 13.2 Å². The van der Waals surface area contributed by atoms with Gasteiger partial charge in [0, 0.05) is 12.0 Å². The number of hydrogen-bond acceptors (Lipinski definition) is 3. The maximum Gasteiger partial charge on any atom is 0.251 e. The van der Waals surface area contributed by atoms with E-state index >= 15 is 0 Å². The van der Waals surface area contributed by atoms with Crippen molar-refractivity contribution >= 4 is 17.5 Å². The van der Waals surface area contributed by atoms with Crippen LogP contribution < -0.4 is 14.8 Å². The fraction of sp³-hybridized carbons (Fsp3) is 0.278. The number of amides is 1. The van der Waals surface area contributed by atoms with Gasteiger partial charge in [-0.15, -0.1) is 0 Å². The Bertz CT molecular complexity index is 766. The highest BCUT2D eigenvalue weighted by Crippen LogP contribution is 2.30. The Morgan fingerprint density at radius 2 is 1.92 bits per heavy atom. The van der Waals surface area contributed by atoms with Gasteiger partial charge >= 0.3 is 0 Å². The lowest BCUT2D eigenvalue weighted by Gasteiger charge is -2.16. The highest BCUT2D eigenvalue weighted by molar-refractivity contribution is 6.30. The maximum atomic E-state index is 13.2. The van der Waals surface area contributed by atoms with Crippen molar-refractivity contribution in [3.05, 3.63) is 58.4 Å². The third kappa shape index (κ3) is 3.62. The molecule has 1 atom stereocenters. The van der Waals surface area contributed by atoms with E-state index < -0.39 is 5.82 Å². The molecule has 1 aliphatic rings. The Balaban J connectivity index is 1.74. The summed E-state index contributed by atoms with van der Waals surface area (Å²) >= 11 is 5.79. The highest BCUT2D eigenvalue weighted by Gasteiger charge is 2.16. The topological polar surface area (TPSA) is 47.6 Å². The van der Waals surface area contributed by atoms with Crippen LogP contribution in [0.4, 0.5) is 4.39 Å². The summed E-state index contributed by atoms with van der Waals surface area (Å²) in [5, 5.41) is 2.90. The second-order valence-electron chi connectivity index (χ2n) is 5.58. The van der Waals surface area contributed by atoms with E-state index in [9.17, 15) is 9.18 Å². The van der Waals surface area contributed by atoms with E-state index in [2.05, 4.69) is 5.32 Å². The lowest BCUT2D eigenvalue weighted by atomic mass is 10.1. The number of carbonyl (C=O) groups excluding carboxylic acids is 1. The average Bonchev–Trinajstić information content (AvgIpc) is 2.81. The van der Waals surface area contributed by atoms with Crippen LogP contribution in [-0.4, -0.2) is 19.1 Å². The van der Waals surface area contributed by atoms with E-state index in [4.69, 9.17) is 21.1 Å². The largest absolute Gasteiger partial charge is 0.490 e. The van der Waals surface area contributed by atoms with E-state index in [0.29, 0.717) is 30.3 Å². The fourth-order valence-corrected chi connectivity index (χ4v) is 2.64. The van der Waals surface area contributed by atoms with E-state index in [1.165, 1.54) is 12.1 Å². The molecular weight excluding hydrogens is 333 g/mol. The van der Waals surface area contributed by atoms with Crippen LogP contribution in [0.2, 0.25) is 5.02 Å². The quantitative estimate of drug-likeness (QED) is 0.906. The molecule has 6 heteroatoms. The van der Waals surface area contributed by atoms with Crippen LogP contribution in [0.5, 0.6) is 11.5 Å². The van der Waals surface area contributed by atoms with Gasteiger partial charge in [-0.2, -0.15) is 0 Å². The molecule has 0 unspecified atom stereocenters. The molecule has 0 aliphatic carbocycles. The number of carbonyl (C=O) groups is 1. The molecule has 24 heavy (non-hydrogen) atoms. The van der Waals surface area contributed by atoms with Gasteiger partial charge in [0.25, 0.3) is 5.91 Å². The van der Waals surface area contributed by atoms with E-state index in [-0.39, 0.29) is 17.0 Å². The minimum absolute atomic E-state index is 0.0316. The molecule has 3 rings (SSSR count). The Hall–Kier alpha value is -2.27. The predicted octanol–water partition coefficient (Wildman–Crippen LogP) is 4.13. The summed E-state index contributed by atoms with van der Waals surface area (Å²) in [7, 11) is 0. The minimum Gasteiger partial charge on any atom is -0.490 e. The van der Waals surface area contributed by atoms with Crippen LogP contribution in [0.3, 0.4) is 0 Å². The van der Waals surface area contributed by atoms with Gasteiger partial charge in [-0.25, -0.2) is 4.39 Å². The zero-order valence-corrected chi connectivity index (χ0v) is 13.9. The molecule has 126 valence electrons. The van der Waals surface area contributed by atoms with Gasteiger partial charge in [0.1, 0.15) is 5.82 Å². The first-order valence-corrected chi connectivity index (χ1v) is 8.08. The van der Waals surface area contributed by atoms with Crippen molar-refractivity contribution in [1.29, 1.82) is 0 Å². The Kier molecular flexibility index (Phi) is 4.90. The van der Waals surface area contributed by atoms with Gasteiger partial charge in [-0.3, -0.25) is 4.79 Å². The molecule has 1 amide bonds. The number of fused-ring (bicyclic) bond motifs is 1. The summed E-state index contributed by atoms with van der Waals surface area (Å²) < 4.78 is 24.4. The third-order valence-electron chi connectivity index (χ3n) is 3.80. The molecule has 1 heterocycles. The van der Waals surface area contributed by atoms with Crippen LogP contribution in [0.15, 0.2) is 36.4 Å². The average molecular weight is 350 g/mol. The molecular formula is C18H17ClFNO3. The molecule has 2 aromatic carbocycles. The second kappa shape index (κ2) is 7.09. The number of hydrogen-bond donors (Lipinski definition) is 1. The van der Waals surface area contributed by atoms with Gasteiger partial charge in [-0.1, -0.05) is 17.7 Å². The zero-order chi connectivity index (χ0) is 17.1. The second-order valence-corrected chi connectivity index (χ2v) is 5.99. The lowest BCUT2D eigenvalue weighted by Crippen LogP contribution is -2.26. The summed E-state index contributed by atoms with van der Waals surface area (Å²) in [4.78, 5) is 12.4. The van der Waals surface area contributed by atoms with Gasteiger partial charge in [0.15, 0.2) is 11.5 Å². The number of halogens is 2. The molecule has 0 fully saturated rings. The molecule has 0 saturated heterocycles. The van der Waals surface area contributed by atoms with Crippen LogP contribution in [0, 0.1) is 5.82 Å². The number of rotatable bonds is 3. The van der Waals surface area contributed by atoms with Crippen molar-refractivity contribution in [2.24, 2.45) is 0 Å². The summed E-state index contributed by atoms with van der Waals surface area (Å²) in [5.74, 6) is 0.473. The van der Waals surface area contributed by atoms with Gasteiger partial charge in [0.2, 0.25) is 0 Å². The standard InChI is InChI=1S/C18H17ClFNO3/c1-11(12-3-5-15(20)14(19)9-12)21-18(22)13-4-6-16-17(10-13)24-8-2-7-23-16/h3-6,9-11H,2,7-8H2,1H3,(H,21,22)/t11-/m0/s1. The molecule has 0 aromatic heterocycles. The summed E-state index contributed by atoms with van der Waals surface area (Å²) in [6, 6.07) is 9.17. The first-order chi connectivity index (χ1) is 11.5. The van der Waals surface area contributed by atoms with Crippen molar-refractivity contribution in [3.63, 3.8) is 0 Å². The zero-order valence-electron chi connectivity index (χ0n) is 13.1. The molecule has 4 nitrogen and oxygen atoms in total. The third-order valence-corrected chi connectivity index (χ3v) is 4.09. The molecule has 2 aromatic rings. The monoisotopic (exact) mass is 349 g/mol. The summed E-state index contributed by atoms with van der Waals surface area (Å²) in [6.07, 6.45) is 0.804. The van der Waals surface area contributed by atoms with Crippen LogP contribution in [0.25, 0.3) is 0 Å².